The van der Waals surface area contributed by atoms with Crippen molar-refractivity contribution in [3.8, 4) is 22.6 Å². The molecule has 4 aromatic rings. The van der Waals surface area contributed by atoms with Crippen LogP contribution >= 0.6 is 0 Å². The molecule has 0 saturated carbocycles. The molecule has 4 rings (SSSR count). The van der Waals surface area contributed by atoms with E-state index in [4.69, 9.17) is 16.2 Å². The largest absolute Gasteiger partial charge is 0.455 e. The predicted molar refractivity (Wildman–Crippen MR) is 117 cm³/mol. The average molecular weight is 402 g/mol. The number of nitrogens with zero attached hydrogens (tertiary/aromatic N) is 3. The number of ether oxygens (including phenoxy) is 1. The second-order valence-corrected chi connectivity index (χ2v) is 7.08. The number of benzene rings is 2. The third-order valence-corrected chi connectivity index (χ3v) is 4.74. The van der Waals surface area contributed by atoms with Crippen molar-refractivity contribution >= 4 is 28.6 Å². The average Bonchev–Trinajstić information content (AvgIpc) is 3.11. The van der Waals surface area contributed by atoms with Crippen molar-refractivity contribution in [2.75, 3.05) is 11.1 Å². The number of carbonyl (C=O) groups is 1. The highest BCUT2D eigenvalue weighted by Gasteiger charge is 2.19. The lowest BCUT2D eigenvalue weighted by Gasteiger charge is -2.14. The number of para-hydroxylation sites is 3. The number of primary amides is 1. The zero-order valence-electron chi connectivity index (χ0n) is 16.7. The molecule has 8 heteroatoms. The first kappa shape index (κ1) is 19.3. The Morgan fingerprint density at radius 3 is 2.47 bits per heavy atom. The fraction of sp³-hybridized carbons (Fsp3) is 0.136. The Bertz CT molecular complexity index is 1230. The van der Waals surface area contributed by atoms with Gasteiger partial charge in [-0.1, -0.05) is 30.3 Å². The van der Waals surface area contributed by atoms with Crippen molar-refractivity contribution in [1.82, 2.24) is 14.5 Å². The maximum Gasteiger partial charge on any atom is 0.316 e. The molecule has 0 radical (unpaired) electrons. The van der Waals surface area contributed by atoms with Gasteiger partial charge in [-0.2, -0.15) is 0 Å². The second-order valence-electron chi connectivity index (χ2n) is 7.08. The van der Waals surface area contributed by atoms with Gasteiger partial charge in [-0.05, 0) is 32.0 Å². The normalized spacial score (nSPS) is 11.0. The van der Waals surface area contributed by atoms with Crippen LogP contribution in [0.15, 0.2) is 61.1 Å². The fourth-order valence-corrected chi connectivity index (χ4v) is 3.39. The van der Waals surface area contributed by atoms with Gasteiger partial charge in [0.25, 0.3) is 0 Å². The third-order valence-electron chi connectivity index (χ3n) is 4.74. The number of anilines is 2. The van der Waals surface area contributed by atoms with Gasteiger partial charge < -0.3 is 26.1 Å². The van der Waals surface area contributed by atoms with Gasteiger partial charge in [-0.15, -0.1) is 0 Å². The molecule has 0 spiro atoms. The molecule has 30 heavy (non-hydrogen) atoms. The van der Waals surface area contributed by atoms with E-state index >= 15 is 0 Å². The first-order valence-electron chi connectivity index (χ1n) is 9.49. The first-order chi connectivity index (χ1) is 14.5. The van der Waals surface area contributed by atoms with E-state index in [-0.39, 0.29) is 6.04 Å². The van der Waals surface area contributed by atoms with Crippen LogP contribution in [0.1, 0.15) is 19.9 Å². The van der Waals surface area contributed by atoms with Crippen molar-refractivity contribution in [2.45, 2.75) is 19.9 Å². The van der Waals surface area contributed by atoms with E-state index in [1.165, 1.54) is 6.33 Å². The van der Waals surface area contributed by atoms with Gasteiger partial charge in [0.05, 0.1) is 11.1 Å². The number of hydrogen-bond donors (Lipinski definition) is 3. The molecule has 2 amide bonds. The van der Waals surface area contributed by atoms with Gasteiger partial charge in [0, 0.05) is 23.4 Å². The molecule has 0 aliphatic heterocycles. The highest BCUT2D eigenvalue weighted by molar-refractivity contribution is 6.02. The van der Waals surface area contributed by atoms with Crippen LogP contribution in [0.4, 0.5) is 16.3 Å². The Balaban J connectivity index is 1.86. The van der Waals surface area contributed by atoms with Gasteiger partial charge in [0.1, 0.15) is 23.5 Å². The van der Waals surface area contributed by atoms with Crippen LogP contribution in [-0.4, -0.2) is 20.6 Å². The van der Waals surface area contributed by atoms with Crippen LogP contribution < -0.4 is 21.5 Å². The lowest BCUT2D eigenvalue weighted by molar-refractivity contribution is 0.259. The standard InChI is InChI=1S/C22H22N6O2/c1-13(2)28-11-15(19-20(23)25-12-26-21(19)28)14-7-3-5-9-17(14)30-18-10-6-4-8-16(18)27-22(24)29/h3-13H,1-2H3,(H2,23,25,26)(H3,24,27,29). The van der Waals surface area contributed by atoms with E-state index in [2.05, 4.69) is 33.7 Å². The van der Waals surface area contributed by atoms with Gasteiger partial charge in [0.15, 0.2) is 5.75 Å². The van der Waals surface area contributed by atoms with Crippen molar-refractivity contribution in [1.29, 1.82) is 0 Å². The predicted octanol–water partition coefficient (Wildman–Crippen LogP) is 4.54. The molecular weight excluding hydrogens is 380 g/mol. The highest BCUT2D eigenvalue weighted by atomic mass is 16.5. The minimum atomic E-state index is -0.663. The zero-order valence-corrected chi connectivity index (χ0v) is 16.7. The van der Waals surface area contributed by atoms with E-state index in [1.54, 1.807) is 18.2 Å². The van der Waals surface area contributed by atoms with Crippen LogP contribution in [0.3, 0.4) is 0 Å². The van der Waals surface area contributed by atoms with Gasteiger partial charge in [0.2, 0.25) is 0 Å². The summed E-state index contributed by atoms with van der Waals surface area (Å²) in [7, 11) is 0. The maximum atomic E-state index is 11.3. The molecule has 0 bridgehead atoms. The summed E-state index contributed by atoms with van der Waals surface area (Å²) < 4.78 is 8.25. The van der Waals surface area contributed by atoms with Crippen molar-refractivity contribution in [3.63, 3.8) is 0 Å². The number of carbonyl (C=O) groups excluding carboxylic acids is 1. The maximum absolute atomic E-state index is 11.3. The Morgan fingerprint density at radius 1 is 1.03 bits per heavy atom. The molecule has 8 nitrogen and oxygen atoms in total. The van der Waals surface area contributed by atoms with Crippen LogP contribution in [0.2, 0.25) is 0 Å². The van der Waals surface area contributed by atoms with Crippen LogP contribution in [-0.2, 0) is 0 Å². The second kappa shape index (κ2) is 7.75. The molecule has 0 unspecified atom stereocenters. The Kier molecular flexibility index (Phi) is 4.97. The quantitative estimate of drug-likeness (QED) is 0.452. The number of fused-ring (bicyclic) bond motifs is 1. The summed E-state index contributed by atoms with van der Waals surface area (Å²) in [5.41, 5.74) is 14.4. The summed E-state index contributed by atoms with van der Waals surface area (Å²) in [5, 5.41) is 3.35. The van der Waals surface area contributed by atoms with Crippen molar-refractivity contribution in [2.24, 2.45) is 5.73 Å². The number of urea groups is 1. The van der Waals surface area contributed by atoms with Crippen molar-refractivity contribution in [3.05, 3.63) is 61.1 Å². The van der Waals surface area contributed by atoms with Gasteiger partial charge >= 0.3 is 6.03 Å². The van der Waals surface area contributed by atoms with E-state index in [9.17, 15) is 4.79 Å². The number of hydrogen-bond acceptors (Lipinski definition) is 5. The number of nitrogens with one attached hydrogen (secondary N) is 1. The smallest absolute Gasteiger partial charge is 0.316 e. The van der Waals surface area contributed by atoms with Gasteiger partial charge in [-0.25, -0.2) is 14.8 Å². The molecule has 0 aliphatic rings. The number of amides is 2. The topological polar surface area (TPSA) is 121 Å². The Labute approximate surface area is 173 Å². The summed E-state index contributed by atoms with van der Waals surface area (Å²) in [4.78, 5) is 20.0. The minimum Gasteiger partial charge on any atom is -0.455 e. The molecule has 2 aromatic heterocycles. The highest BCUT2D eigenvalue weighted by Crippen LogP contribution is 2.41. The molecule has 0 atom stereocenters. The summed E-state index contributed by atoms with van der Waals surface area (Å²) in [6.07, 6.45) is 3.48. The molecule has 152 valence electrons. The van der Waals surface area contributed by atoms with Crippen LogP contribution in [0.25, 0.3) is 22.2 Å². The third kappa shape index (κ3) is 3.50. The SMILES string of the molecule is CC(C)n1cc(-c2ccccc2Oc2ccccc2NC(N)=O)c2c(N)ncnc21. The monoisotopic (exact) mass is 402 g/mol. The Morgan fingerprint density at radius 2 is 1.73 bits per heavy atom. The van der Waals surface area contributed by atoms with Crippen LogP contribution in [0, 0.1) is 0 Å². The number of nitrogen functional groups attached to an aromatic ring is 1. The zero-order chi connectivity index (χ0) is 21.3. The molecule has 5 N–H and O–H groups in total. The molecule has 0 saturated heterocycles. The van der Waals surface area contributed by atoms with Gasteiger partial charge in [-0.3, -0.25) is 0 Å². The number of rotatable bonds is 5. The molecule has 0 aliphatic carbocycles. The molecule has 0 fully saturated rings. The van der Waals surface area contributed by atoms with E-state index in [0.717, 1.165) is 22.2 Å². The lowest BCUT2D eigenvalue weighted by Crippen LogP contribution is -2.19. The summed E-state index contributed by atoms with van der Waals surface area (Å²) in [6, 6.07) is 14.2. The summed E-state index contributed by atoms with van der Waals surface area (Å²) >= 11 is 0. The van der Waals surface area contributed by atoms with E-state index in [1.807, 2.05) is 36.5 Å². The Hall–Kier alpha value is -4.07. The lowest BCUT2D eigenvalue weighted by atomic mass is 10.0. The number of nitrogens with two attached hydrogens (primary N) is 2. The molecular formula is C22H22N6O2. The van der Waals surface area contributed by atoms with Crippen molar-refractivity contribution < 1.29 is 9.53 Å². The first-order valence-corrected chi connectivity index (χ1v) is 9.49. The van der Waals surface area contributed by atoms with E-state index < -0.39 is 6.03 Å². The molecule has 2 aromatic carbocycles. The molecule has 2 heterocycles. The van der Waals surface area contributed by atoms with Crippen LogP contribution in [0.5, 0.6) is 11.5 Å². The van der Waals surface area contributed by atoms with E-state index in [0.29, 0.717) is 23.0 Å². The summed E-state index contributed by atoms with van der Waals surface area (Å²) in [6.45, 7) is 4.16. The summed E-state index contributed by atoms with van der Waals surface area (Å²) in [5.74, 6) is 1.47. The fourth-order valence-electron chi connectivity index (χ4n) is 3.39. The number of aromatic nitrogens is 3. The minimum absolute atomic E-state index is 0.184.